The van der Waals surface area contributed by atoms with Gasteiger partial charge < -0.3 is 20.5 Å². The predicted molar refractivity (Wildman–Crippen MR) is 97.7 cm³/mol. The SMILES string of the molecule is CN(C(=O)CCCN)C1CCCCC(NC(=O)c2cc(C3CC3)on2)C1. The Morgan fingerprint density at radius 3 is 2.81 bits per heavy atom. The lowest BCUT2D eigenvalue weighted by Crippen LogP contribution is -2.43. The van der Waals surface area contributed by atoms with Crippen LogP contribution in [0.25, 0.3) is 0 Å². The highest BCUT2D eigenvalue weighted by atomic mass is 16.5. The van der Waals surface area contributed by atoms with Gasteiger partial charge in [0.15, 0.2) is 5.69 Å². The first-order valence-corrected chi connectivity index (χ1v) is 9.81. The molecule has 7 nitrogen and oxygen atoms in total. The zero-order valence-electron chi connectivity index (χ0n) is 15.6. The van der Waals surface area contributed by atoms with Crippen molar-refractivity contribution in [3.63, 3.8) is 0 Å². The molecule has 2 saturated carbocycles. The van der Waals surface area contributed by atoms with Crippen molar-refractivity contribution in [1.82, 2.24) is 15.4 Å². The Bertz CT molecular complexity index is 626. The zero-order valence-corrected chi connectivity index (χ0v) is 15.6. The molecule has 0 aliphatic heterocycles. The summed E-state index contributed by atoms with van der Waals surface area (Å²) in [6.45, 7) is 0.531. The third-order valence-corrected chi connectivity index (χ3v) is 5.51. The number of amides is 2. The molecule has 2 atom stereocenters. The van der Waals surface area contributed by atoms with Crippen LogP contribution >= 0.6 is 0 Å². The quantitative estimate of drug-likeness (QED) is 0.724. The van der Waals surface area contributed by atoms with Crippen LogP contribution in [0, 0.1) is 0 Å². The van der Waals surface area contributed by atoms with Gasteiger partial charge >= 0.3 is 0 Å². The molecule has 0 radical (unpaired) electrons. The van der Waals surface area contributed by atoms with Crippen LogP contribution in [-0.4, -0.2) is 47.5 Å². The highest BCUT2D eigenvalue weighted by Gasteiger charge is 2.30. The van der Waals surface area contributed by atoms with Crippen molar-refractivity contribution in [1.29, 1.82) is 0 Å². The van der Waals surface area contributed by atoms with Crippen molar-refractivity contribution < 1.29 is 14.1 Å². The second-order valence-corrected chi connectivity index (χ2v) is 7.63. The van der Waals surface area contributed by atoms with Gasteiger partial charge in [-0.2, -0.15) is 0 Å². The number of carbonyl (C=O) groups excluding carboxylic acids is 2. The average Bonchev–Trinajstić information content (AvgIpc) is 3.41. The van der Waals surface area contributed by atoms with Crippen molar-refractivity contribution in [3.8, 4) is 0 Å². The standard InChI is InChI=1S/C19H30N4O3/c1-23(18(24)7-4-10-20)15-6-3-2-5-14(11-15)21-19(25)16-12-17(26-22-16)13-8-9-13/h12-15H,2-11,20H2,1H3,(H,21,25). The first-order chi connectivity index (χ1) is 12.6. The smallest absolute Gasteiger partial charge is 0.273 e. The molecule has 0 spiro atoms. The third kappa shape index (κ3) is 4.84. The van der Waals surface area contributed by atoms with Crippen molar-refractivity contribution in [3.05, 3.63) is 17.5 Å². The van der Waals surface area contributed by atoms with Gasteiger partial charge in [0.25, 0.3) is 5.91 Å². The van der Waals surface area contributed by atoms with Crippen molar-refractivity contribution >= 4 is 11.8 Å². The lowest BCUT2D eigenvalue weighted by Gasteiger charge is -2.29. The highest BCUT2D eigenvalue weighted by Crippen LogP contribution is 2.40. The molecule has 1 aromatic heterocycles. The van der Waals surface area contributed by atoms with Crippen LogP contribution in [0.15, 0.2) is 10.6 Å². The minimum absolute atomic E-state index is 0.0563. The molecule has 2 fully saturated rings. The monoisotopic (exact) mass is 362 g/mol. The molecule has 3 N–H and O–H groups in total. The van der Waals surface area contributed by atoms with Gasteiger partial charge in [-0.25, -0.2) is 0 Å². The van der Waals surface area contributed by atoms with Crippen molar-refractivity contribution in [2.45, 2.75) is 75.8 Å². The largest absolute Gasteiger partial charge is 0.360 e. The van der Waals surface area contributed by atoms with E-state index in [1.165, 1.54) is 0 Å². The molecule has 2 amide bonds. The van der Waals surface area contributed by atoms with E-state index in [2.05, 4.69) is 10.5 Å². The molecular formula is C19H30N4O3. The molecule has 26 heavy (non-hydrogen) atoms. The van der Waals surface area contributed by atoms with Gasteiger partial charge in [0.1, 0.15) is 5.76 Å². The summed E-state index contributed by atoms with van der Waals surface area (Å²) in [5.41, 5.74) is 5.87. The normalized spacial score (nSPS) is 23.3. The summed E-state index contributed by atoms with van der Waals surface area (Å²) in [7, 11) is 1.87. The first-order valence-electron chi connectivity index (χ1n) is 9.81. The number of carbonyl (C=O) groups is 2. The lowest BCUT2D eigenvalue weighted by molar-refractivity contribution is -0.132. The summed E-state index contributed by atoms with van der Waals surface area (Å²) in [4.78, 5) is 26.7. The fourth-order valence-electron chi connectivity index (χ4n) is 3.67. The maximum absolute atomic E-state index is 12.5. The summed E-state index contributed by atoms with van der Waals surface area (Å²) >= 11 is 0. The van der Waals surface area contributed by atoms with E-state index >= 15 is 0 Å². The fourth-order valence-corrected chi connectivity index (χ4v) is 3.67. The van der Waals surface area contributed by atoms with Crippen LogP contribution < -0.4 is 11.1 Å². The molecular weight excluding hydrogens is 332 g/mol. The van der Waals surface area contributed by atoms with Gasteiger partial charge in [0.05, 0.1) is 0 Å². The van der Waals surface area contributed by atoms with E-state index in [9.17, 15) is 9.59 Å². The Balaban J connectivity index is 1.56. The minimum atomic E-state index is -0.177. The van der Waals surface area contributed by atoms with Gasteiger partial charge in [-0.3, -0.25) is 9.59 Å². The number of hydrogen-bond acceptors (Lipinski definition) is 5. The van der Waals surface area contributed by atoms with Crippen molar-refractivity contribution in [2.75, 3.05) is 13.6 Å². The summed E-state index contributed by atoms with van der Waals surface area (Å²) in [5, 5.41) is 7.01. The Morgan fingerprint density at radius 2 is 2.08 bits per heavy atom. The van der Waals surface area contributed by atoms with E-state index in [1.54, 1.807) is 6.07 Å². The molecule has 144 valence electrons. The van der Waals surface area contributed by atoms with Gasteiger partial charge in [0, 0.05) is 37.5 Å². The molecule has 2 aliphatic carbocycles. The Morgan fingerprint density at radius 1 is 1.31 bits per heavy atom. The maximum Gasteiger partial charge on any atom is 0.273 e. The Labute approximate surface area is 154 Å². The van der Waals surface area contributed by atoms with Gasteiger partial charge in [-0.05, 0) is 45.1 Å². The van der Waals surface area contributed by atoms with Crippen LogP contribution in [0.4, 0.5) is 0 Å². The van der Waals surface area contributed by atoms with Gasteiger partial charge in [-0.1, -0.05) is 18.0 Å². The highest BCUT2D eigenvalue weighted by molar-refractivity contribution is 5.92. The minimum Gasteiger partial charge on any atom is -0.360 e. The Kier molecular flexibility index (Phi) is 6.29. The maximum atomic E-state index is 12.5. The number of aromatic nitrogens is 1. The Hall–Kier alpha value is -1.89. The predicted octanol–water partition coefficient (Wildman–Crippen LogP) is 2.18. The number of rotatable bonds is 7. The van der Waals surface area contributed by atoms with E-state index in [0.717, 1.165) is 50.7 Å². The first kappa shape index (κ1) is 18.9. The molecule has 3 rings (SSSR count). The van der Waals surface area contributed by atoms with E-state index in [1.807, 2.05) is 11.9 Å². The van der Waals surface area contributed by atoms with Crippen LogP contribution in [0.3, 0.4) is 0 Å². The summed E-state index contributed by atoms with van der Waals surface area (Å²) in [6.07, 6.45) is 8.25. The zero-order chi connectivity index (χ0) is 18.5. The van der Waals surface area contributed by atoms with Crippen LogP contribution in [0.1, 0.15) is 80.0 Å². The topological polar surface area (TPSA) is 101 Å². The lowest BCUT2D eigenvalue weighted by atomic mass is 10.0. The molecule has 1 heterocycles. The van der Waals surface area contributed by atoms with Crippen LogP contribution in [0.2, 0.25) is 0 Å². The molecule has 2 aliphatic rings. The van der Waals surface area contributed by atoms with Crippen LogP contribution in [-0.2, 0) is 4.79 Å². The summed E-state index contributed by atoms with van der Waals surface area (Å²) in [5.74, 6) is 1.22. The number of nitrogens with one attached hydrogen (secondary N) is 1. The molecule has 0 bridgehead atoms. The average molecular weight is 362 g/mol. The molecule has 0 aromatic carbocycles. The molecule has 1 aromatic rings. The van der Waals surface area contributed by atoms with Crippen molar-refractivity contribution in [2.24, 2.45) is 5.73 Å². The third-order valence-electron chi connectivity index (χ3n) is 5.51. The number of nitrogens with zero attached hydrogens (tertiary/aromatic N) is 2. The van der Waals surface area contributed by atoms with E-state index in [0.29, 0.717) is 31.0 Å². The van der Waals surface area contributed by atoms with E-state index < -0.39 is 0 Å². The number of nitrogens with two attached hydrogens (primary N) is 1. The van der Waals surface area contributed by atoms with Gasteiger partial charge in [-0.15, -0.1) is 0 Å². The summed E-state index contributed by atoms with van der Waals surface area (Å²) in [6, 6.07) is 1.98. The second kappa shape index (κ2) is 8.66. The molecule has 2 unspecified atom stereocenters. The van der Waals surface area contributed by atoms with Gasteiger partial charge in [0.2, 0.25) is 5.91 Å². The summed E-state index contributed by atoms with van der Waals surface area (Å²) < 4.78 is 5.28. The molecule has 0 saturated heterocycles. The number of hydrogen-bond donors (Lipinski definition) is 2. The second-order valence-electron chi connectivity index (χ2n) is 7.63. The van der Waals surface area contributed by atoms with Crippen LogP contribution in [0.5, 0.6) is 0 Å². The van der Waals surface area contributed by atoms with E-state index in [4.69, 9.17) is 10.3 Å². The molecule has 7 heteroatoms. The van der Waals surface area contributed by atoms with E-state index in [-0.39, 0.29) is 23.9 Å². The fraction of sp³-hybridized carbons (Fsp3) is 0.737.